The fourth-order valence-electron chi connectivity index (χ4n) is 2.28. The van der Waals surface area contributed by atoms with Crippen molar-refractivity contribution in [3.05, 3.63) is 30.5 Å². The van der Waals surface area contributed by atoms with Gasteiger partial charge in [0.25, 0.3) is 5.91 Å². The molecule has 110 valence electrons. The molecule has 3 rings (SSSR count). The zero-order chi connectivity index (χ0) is 14.7. The molecule has 6 heteroatoms. The average Bonchev–Trinajstić information content (AvgIpc) is 3.19. The fourth-order valence-corrected chi connectivity index (χ4v) is 2.28. The largest absolute Gasteiger partial charge is 0.497 e. The maximum Gasteiger partial charge on any atom is 0.255 e. The van der Waals surface area contributed by atoms with Crippen LogP contribution in [0.25, 0.3) is 11.3 Å². The van der Waals surface area contributed by atoms with Crippen LogP contribution in [0.3, 0.4) is 0 Å². The van der Waals surface area contributed by atoms with Crippen LogP contribution < -0.4 is 10.1 Å². The smallest absolute Gasteiger partial charge is 0.255 e. The zero-order valence-electron chi connectivity index (χ0n) is 11.8. The third-order valence-corrected chi connectivity index (χ3v) is 3.44. The second kappa shape index (κ2) is 5.97. The highest BCUT2D eigenvalue weighted by Crippen LogP contribution is 2.22. The molecular formula is C15H17N3O3. The number of rotatable bonds is 4. The first-order valence-electron chi connectivity index (χ1n) is 6.88. The minimum Gasteiger partial charge on any atom is -0.497 e. The molecule has 0 radical (unpaired) electrons. The number of amides is 1. The maximum absolute atomic E-state index is 11.9. The summed E-state index contributed by atoms with van der Waals surface area (Å²) in [5.41, 5.74) is 1.81. The Morgan fingerprint density at radius 1 is 1.43 bits per heavy atom. The number of nitrogens with zero attached hydrogens (tertiary/aromatic N) is 1. The molecule has 2 heterocycles. The van der Waals surface area contributed by atoms with Crippen molar-refractivity contribution in [1.29, 1.82) is 0 Å². The molecule has 21 heavy (non-hydrogen) atoms. The van der Waals surface area contributed by atoms with E-state index in [1.165, 1.54) is 0 Å². The van der Waals surface area contributed by atoms with Gasteiger partial charge in [0.05, 0.1) is 19.0 Å². The Balaban J connectivity index is 1.68. The molecular weight excluding hydrogens is 270 g/mol. The van der Waals surface area contributed by atoms with Crippen molar-refractivity contribution in [1.82, 2.24) is 9.97 Å². The molecule has 1 aliphatic heterocycles. The van der Waals surface area contributed by atoms with E-state index >= 15 is 0 Å². The van der Waals surface area contributed by atoms with Crippen LogP contribution in [-0.2, 0) is 9.53 Å². The number of aromatic amines is 1. The van der Waals surface area contributed by atoms with E-state index in [4.69, 9.17) is 9.47 Å². The number of H-pyrrole nitrogens is 1. The molecule has 2 N–H and O–H groups in total. The molecule has 0 spiro atoms. The predicted octanol–water partition coefficient (Wildman–Crippen LogP) is 2.20. The number of hydrogen-bond donors (Lipinski definition) is 2. The lowest BCUT2D eigenvalue weighted by atomic mass is 10.2. The van der Waals surface area contributed by atoms with Crippen molar-refractivity contribution >= 4 is 11.9 Å². The summed E-state index contributed by atoms with van der Waals surface area (Å²) in [5.74, 6) is 1.08. The zero-order valence-corrected chi connectivity index (χ0v) is 11.8. The lowest BCUT2D eigenvalue weighted by Crippen LogP contribution is -2.27. The molecule has 0 bridgehead atoms. The van der Waals surface area contributed by atoms with E-state index in [0.717, 1.165) is 29.8 Å². The molecule has 2 aromatic rings. The summed E-state index contributed by atoms with van der Waals surface area (Å²) in [7, 11) is 1.63. The summed E-state index contributed by atoms with van der Waals surface area (Å²) in [6.45, 7) is 0.646. The van der Waals surface area contributed by atoms with Gasteiger partial charge in [0.1, 0.15) is 11.9 Å². The van der Waals surface area contributed by atoms with Crippen LogP contribution in [0.2, 0.25) is 0 Å². The van der Waals surface area contributed by atoms with Gasteiger partial charge < -0.3 is 14.5 Å². The van der Waals surface area contributed by atoms with Crippen LogP contribution in [0.4, 0.5) is 5.95 Å². The van der Waals surface area contributed by atoms with E-state index in [9.17, 15) is 4.79 Å². The highest BCUT2D eigenvalue weighted by Gasteiger charge is 2.24. The van der Waals surface area contributed by atoms with Crippen molar-refractivity contribution in [2.75, 3.05) is 19.0 Å². The molecule has 1 amide bonds. The second-order valence-electron chi connectivity index (χ2n) is 4.86. The van der Waals surface area contributed by atoms with Crippen LogP contribution in [0, 0.1) is 0 Å². The third-order valence-electron chi connectivity index (χ3n) is 3.44. The summed E-state index contributed by atoms with van der Waals surface area (Å²) < 4.78 is 10.5. The Morgan fingerprint density at radius 2 is 2.24 bits per heavy atom. The van der Waals surface area contributed by atoms with Gasteiger partial charge in [-0.2, -0.15) is 0 Å². The standard InChI is InChI=1S/C15H17N3O3/c1-20-11-6-4-10(5-7-11)12-9-16-15(17-12)18-14(19)13-3-2-8-21-13/h4-7,9,13H,2-3,8H2,1H3,(H2,16,17,18,19)/t13-/m1/s1. The first kappa shape index (κ1) is 13.6. The molecule has 1 saturated heterocycles. The average molecular weight is 287 g/mol. The van der Waals surface area contributed by atoms with E-state index in [1.54, 1.807) is 13.3 Å². The molecule has 1 atom stereocenters. The Bertz CT molecular complexity index is 615. The number of nitrogens with one attached hydrogen (secondary N) is 2. The molecule has 1 aromatic heterocycles. The minimum absolute atomic E-state index is 0.150. The molecule has 0 unspecified atom stereocenters. The Hall–Kier alpha value is -2.34. The summed E-state index contributed by atoms with van der Waals surface area (Å²) >= 11 is 0. The monoisotopic (exact) mass is 287 g/mol. The van der Waals surface area contributed by atoms with Gasteiger partial charge >= 0.3 is 0 Å². The Kier molecular flexibility index (Phi) is 3.87. The summed E-state index contributed by atoms with van der Waals surface area (Å²) in [6, 6.07) is 7.61. The number of methoxy groups -OCH3 is 1. The van der Waals surface area contributed by atoms with Crippen LogP contribution >= 0.6 is 0 Å². The highest BCUT2D eigenvalue weighted by molar-refractivity contribution is 5.93. The van der Waals surface area contributed by atoms with Crippen LogP contribution in [0.5, 0.6) is 5.75 Å². The molecule has 6 nitrogen and oxygen atoms in total. The minimum atomic E-state index is -0.362. The van der Waals surface area contributed by atoms with Gasteiger partial charge in [0.2, 0.25) is 5.95 Å². The fraction of sp³-hybridized carbons (Fsp3) is 0.333. The Morgan fingerprint density at radius 3 is 2.90 bits per heavy atom. The lowest BCUT2D eigenvalue weighted by Gasteiger charge is -2.07. The number of anilines is 1. The summed E-state index contributed by atoms with van der Waals surface area (Å²) in [4.78, 5) is 19.2. The molecule has 1 aromatic carbocycles. The molecule has 1 aliphatic rings. The summed E-state index contributed by atoms with van der Waals surface area (Å²) in [5, 5.41) is 2.74. The van der Waals surface area contributed by atoms with Gasteiger partial charge in [-0.3, -0.25) is 10.1 Å². The molecule has 0 aliphatic carbocycles. The van der Waals surface area contributed by atoms with E-state index in [-0.39, 0.29) is 12.0 Å². The summed E-state index contributed by atoms with van der Waals surface area (Å²) in [6.07, 6.45) is 3.01. The number of aromatic nitrogens is 2. The molecule has 1 fully saturated rings. The van der Waals surface area contributed by atoms with Gasteiger partial charge in [0.15, 0.2) is 0 Å². The second-order valence-corrected chi connectivity index (χ2v) is 4.86. The Labute approximate surface area is 122 Å². The van der Waals surface area contributed by atoms with Crippen LogP contribution in [0.15, 0.2) is 30.5 Å². The van der Waals surface area contributed by atoms with Gasteiger partial charge in [-0.05, 0) is 42.7 Å². The number of carbonyl (C=O) groups excluding carboxylic acids is 1. The van der Waals surface area contributed by atoms with Crippen LogP contribution in [0.1, 0.15) is 12.8 Å². The van der Waals surface area contributed by atoms with Gasteiger partial charge in [-0.1, -0.05) is 0 Å². The highest BCUT2D eigenvalue weighted by atomic mass is 16.5. The number of ether oxygens (including phenoxy) is 2. The van der Waals surface area contributed by atoms with Crippen molar-refractivity contribution in [3.63, 3.8) is 0 Å². The van der Waals surface area contributed by atoms with E-state index < -0.39 is 0 Å². The maximum atomic E-state index is 11.9. The van der Waals surface area contributed by atoms with E-state index in [0.29, 0.717) is 12.6 Å². The van der Waals surface area contributed by atoms with Crippen molar-refractivity contribution in [3.8, 4) is 17.0 Å². The SMILES string of the molecule is COc1ccc(-c2cnc(NC(=O)[C@H]3CCCO3)[nH]2)cc1. The molecule has 0 saturated carbocycles. The van der Waals surface area contributed by atoms with Crippen molar-refractivity contribution < 1.29 is 14.3 Å². The third kappa shape index (κ3) is 3.05. The van der Waals surface area contributed by atoms with Crippen molar-refractivity contribution in [2.24, 2.45) is 0 Å². The topological polar surface area (TPSA) is 76.2 Å². The van der Waals surface area contributed by atoms with E-state index in [1.807, 2.05) is 24.3 Å². The van der Waals surface area contributed by atoms with E-state index in [2.05, 4.69) is 15.3 Å². The van der Waals surface area contributed by atoms with Gasteiger partial charge in [-0.15, -0.1) is 0 Å². The quantitative estimate of drug-likeness (QED) is 0.904. The lowest BCUT2D eigenvalue weighted by molar-refractivity contribution is -0.124. The first-order valence-corrected chi connectivity index (χ1v) is 6.88. The predicted molar refractivity (Wildman–Crippen MR) is 78.2 cm³/mol. The van der Waals surface area contributed by atoms with Gasteiger partial charge in [0, 0.05) is 6.61 Å². The first-order chi connectivity index (χ1) is 10.3. The van der Waals surface area contributed by atoms with Gasteiger partial charge in [-0.25, -0.2) is 4.98 Å². The normalized spacial score (nSPS) is 17.7. The van der Waals surface area contributed by atoms with Crippen LogP contribution in [-0.4, -0.2) is 35.7 Å². The number of benzene rings is 1. The number of imidazole rings is 1. The number of hydrogen-bond acceptors (Lipinski definition) is 4. The van der Waals surface area contributed by atoms with Crippen molar-refractivity contribution in [2.45, 2.75) is 18.9 Å². The number of carbonyl (C=O) groups is 1.